The van der Waals surface area contributed by atoms with Gasteiger partial charge in [0.25, 0.3) is 0 Å². The van der Waals surface area contributed by atoms with Gasteiger partial charge in [0.1, 0.15) is 4.90 Å². The van der Waals surface area contributed by atoms with Gasteiger partial charge in [-0.15, -0.1) is 0 Å². The SMILES string of the molecule is CCCNS(=O)(=O)c1ccccc1NC1CCC(C)C1. The zero-order chi connectivity index (χ0) is 14.6. The third-order valence-corrected chi connectivity index (χ3v) is 5.29. The van der Waals surface area contributed by atoms with Gasteiger partial charge in [-0.2, -0.15) is 0 Å². The molecule has 0 aromatic heterocycles. The first-order valence-corrected chi connectivity index (χ1v) is 8.86. The molecule has 1 aliphatic carbocycles. The van der Waals surface area contributed by atoms with Gasteiger partial charge >= 0.3 is 0 Å². The molecule has 1 saturated carbocycles. The number of sulfonamides is 1. The monoisotopic (exact) mass is 296 g/mol. The Labute approximate surface area is 122 Å². The summed E-state index contributed by atoms with van der Waals surface area (Å²) in [5.74, 6) is 0.717. The van der Waals surface area contributed by atoms with Crippen LogP contribution in [0.5, 0.6) is 0 Å². The van der Waals surface area contributed by atoms with Crippen molar-refractivity contribution in [2.75, 3.05) is 11.9 Å². The minimum absolute atomic E-state index is 0.355. The number of rotatable bonds is 6. The van der Waals surface area contributed by atoms with Crippen molar-refractivity contribution in [3.8, 4) is 0 Å². The van der Waals surface area contributed by atoms with Gasteiger partial charge in [0.15, 0.2) is 0 Å². The van der Waals surface area contributed by atoms with E-state index in [1.807, 2.05) is 19.1 Å². The maximum atomic E-state index is 12.3. The third-order valence-electron chi connectivity index (χ3n) is 3.77. The van der Waals surface area contributed by atoms with Crippen LogP contribution < -0.4 is 10.0 Å². The molecule has 5 heteroatoms. The van der Waals surface area contributed by atoms with Crippen LogP contribution >= 0.6 is 0 Å². The minimum atomic E-state index is -3.42. The van der Waals surface area contributed by atoms with Gasteiger partial charge in [0.05, 0.1) is 5.69 Å². The lowest BCUT2D eigenvalue weighted by Gasteiger charge is -2.17. The van der Waals surface area contributed by atoms with E-state index in [1.165, 1.54) is 6.42 Å². The van der Waals surface area contributed by atoms with Crippen molar-refractivity contribution in [1.29, 1.82) is 0 Å². The van der Waals surface area contributed by atoms with Gasteiger partial charge < -0.3 is 5.32 Å². The van der Waals surface area contributed by atoms with Crippen LogP contribution in [0.15, 0.2) is 29.2 Å². The highest BCUT2D eigenvalue weighted by Gasteiger charge is 2.24. The highest BCUT2D eigenvalue weighted by atomic mass is 32.2. The first-order chi connectivity index (χ1) is 9.53. The van der Waals surface area contributed by atoms with Gasteiger partial charge in [-0.3, -0.25) is 0 Å². The molecule has 0 saturated heterocycles. The van der Waals surface area contributed by atoms with Crippen LogP contribution in [0.25, 0.3) is 0 Å². The lowest BCUT2D eigenvalue weighted by molar-refractivity contribution is 0.580. The second-order valence-electron chi connectivity index (χ2n) is 5.65. The fourth-order valence-electron chi connectivity index (χ4n) is 2.69. The molecule has 2 atom stereocenters. The van der Waals surface area contributed by atoms with Crippen molar-refractivity contribution in [3.63, 3.8) is 0 Å². The normalized spacial score (nSPS) is 22.9. The van der Waals surface area contributed by atoms with Crippen molar-refractivity contribution < 1.29 is 8.42 Å². The largest absolute Gasteiger partial charge is 0.381 e. The summed E-state index contributed by atoms with van der Waals surface area (Å²) < 4.78 is 27.2. The summed E-state index contributed by atoms with van der Waals surface area (Å²) in [6.45, 7) is 4.66. The molecular formula is C15H24N2O2S. The van der Waals surface area contributed by atoms with E-state index in [9.17, 15) is 8.42 Å². The Morgan fingerprint density at radius 2 is 2.00 bits per heavy atom. The number of anilines is 1. The zero-order valence-corrected chi connectivity index (χ0v) is 13.0. The van der Waals surface area contributed by atoms with Crippen molar-refractivity contribution in [2.45, 2.75) is 50.5 Å². The third kappa shape index (κ3) is 3.73. The van der Waals surface area contributed by atoms with Gasteiger partial charge in [0, 0.05) is 12.6 Å². The Balaban J connectivity index is 2.17. The van der Waals surface area contributed by atoms with E-state index in [1.54, 1.807) is 12.1 Å². The van der Waals surface area contributed by atoms with Gasteiger partial charge in [-0.1, -0.05) is 26.0 Å². The molecule has 2 rings (SSSR count). The number of nitrogens with one attached hydrogen (secondary N) is 2. The molecule has 20 heavy (non-hydrogen) atoms. The standard InChI is InChI=1S/C15H24N2O2S/c1-3-10-16-20(18,19)15-7-5-4-6-14(15)17-13-9-8-12(2)11-13/h4-7,12-13,16-17H,3,8-11H2,1-2H3. The van der Waals surface area contributed by atoms with Crippen LogP contribution in [0.2, 0.25) is 0 Å². The van der Waals surface area contributed by atoms with Gasteiger partial charge in [-0.25, -0.2) is 13.1 Å². The molecule has 1 aromatic carbocycles. The lowest BCUT2D eigenvalue weighted by atomic mass is 10.1. The molecule has 4 nitrogen and oxygen atoms in total. The fraction of sp³-hybridized carbons (Fsp3) is 0.600. The zero-order valence-electron chi connectivity index (χ0n) is 12.2. The second kappa shape index (κ2) is 6.59. The van der Waals surface area contributed by atoms with E-state index in [-0.39, 0.29) is 0 Å². The van der Waals surface area contributed by atoms with Crippen LogP contribution in [0.4, 0.5) is 5.69 Å². The number of para-hydroxylation sites is 1. The smallest absolute Gasteiger partial charge is 0.242 e. The molecule has 0 bridgehead atoms. The predicted molar refractivity (Wildman–Crippen MR) is 82.3 cm³/mol. The number of benzene rings is 1. The topological polar surface area (TPSA) is 58.2 Å². The van der Waals surface area contributed by atoms with Crippen LogP contribution in [0.3, 0.4) is 0 Å². The summed E-state index contributed by atoms with van der Waals surface area (Å²) in [6.07, 6.45) is 4.21. The summed E-state index contributed by atoms with van der Waals surface area (Å²) in [4.78, 5) is 0.355. The Morgan fingerprint density at radius 1 is 1.25 bits per heavy atom. The van der Waals surface area contributed by atoms with Crippen LogP contribution in [0.1, 0.15) is 39.5 Å². The highest BCUT2D eigenvalue weighted by Crippen LogP contribution is 2.29. The molecule has 112 valence electrons. The predicted octanol–water partition coefficient (Wildman–Crippen LogP) is 2.98. The first-order valence-electron chi connectivity index (χ1n) is 7.38. The Kier molecular flexibility index (Phi) is 5.05. The molecule has 1 aromatic rings. The van der Waals surface area contributed by atoms with E-state index < -0.39 is 10.0 Å². The Bertz CT molecular complexity index is 543. The van der Waals surface area contributed by atoms with Crippen molar-refractivity contribution in [3.05, 3.63) is 24.3 Å². The summed E-state index contributed by atoms with van der Waals surface area (Å²) in [5.41, 5.74) is 0.718. The molecule has 0 spiro atoms. The average molecular weight is 296 g/mol. The fourth-order valence-corrected chi connectivity index (χ4v) is 4.00. The average Bonchev–Trinajstić information content (AvgIpc) is 2.82. The second-order valence-corrected chi connectivity index (χ2v) is 7.39. The van der Waals surface area contributed by atoms with Crippen molar-refractivity contribution in [1.82, 2.24) is 4.72 Å². The summed E-state index contributed by atoms with van der Waals surface area (Å²) in [5, 5.41) is 3.40. The van der Waals surface area contributed by atoms with E-state index >= 15 is 0 Å². The molecule has 1 aliphatic rings. The van der Waals surface area contributed by atoms with Gasteiger partial charge in [-0.05, 0) is 43.7 Å². The van der Waals surface area contributed by atoms with Crippen LogP contribution in [0, 0.1) is 5.92 Å². The molecular weight excluding hydrogens is 272 g/mol. The molecule has 0 amide bonds. The van der Waals surface area contributed by atoms with Crippen LogP contribution in [-0.4, -0.2) is 21.0 Å². The molecule has 1 fully saturated rings. The van der Waals surface area contributed by atoms with Gasteiger partial charge in [0.2, 0.25) is 10.0 Å². The maximum absolute atomic E-state index is 12.3. The van der Waals surface area contributed by atoms with E-state index in [0.717, 1.165) is 30.9 Å². The molecule has 0 heterocycles. The van der Waals surface area contributed by atoms with E-state index in [2.05, 4.69) is 17.0 Å². The Hall–Kier alpha value is -1.07. The molecule has 2 unspecified atom stereocenters. The quantitative estimate of drug-likeness (QED) is 0.848. The summed E-state index contributed by atoms with van der Waals surface area (Å²) >= 11 is 0. The van der Waals surface area contributed by atoms with E-state index in [4.69, 9.17) is 0 Å². The number of hydrogen-bond acceptors (Lipinski definition) is 3. The van der Waals surface area contributed by atoms with Crippen molar-refractivity contribution in [2.24, 2.45) is 5.92 Å². The van der Waals surface area contributed by atoms with Crippen LogP contribution in [-0.2, 0) is 10.0 Å². The molecule has 2 N–H and O–H groups in total. The first kappa shape index (κ1) is 15.3. The maximum Gasteiger partial charge on any atom is 0.242 e. The minimum Gasteiger partial charge on any atom is -0.381 e. The Morgan fingerprint density at radius 3 is 2.65 bits per heavy atom. The molecule has 0 aliphatic heterocycles. The highest BCUT2D eigenvalue weighted by molar-refractivity contribution is 7.89. The molecule has 0 radical (unpaired) electrons. The lowest BCUT2D eigenvalue weighted by Crippen LogP contribution is -2.26. The number of hydrogen-bond donors (Lipinski definition) is 2. The van der Waals surface area contributed by atoms with Crippen molar-refractivity contribution >= 4 is 15.7 Å². The van der Waals surface area contributed by atoms with E-state index in [0.29, 0.717) is 17.5 Å². The summed E-state index contributed by atoms with van der Waals surface area (Å²) in [7, 11) is -3.42. The summed E-state index contributed by atoms with van der Waals surface area (Å²) in [6, 6.07) is 7.54.